The van der Waals surface area contributed by atoms with Crippen molar-refractivity contribution in [2.75, 3.05) is 6.54 Å². The molecule has 3 N–H and O–H groups in total. The van der Waals surface area contributed by atoms with Gasteiger partial charge in [-0.2, -0.15) is 0 Å². The molecule has 0 aromatic carbocycles. The van der Waals surface area contributed by atoms with Gasteiger partial charge in [-0.25, -0.2) is 9.59 Å². The molecular formula is C38H48N2O4. The molecule has 0 amide bonds. The molecule has 44 heavy (non-hydrogen) atoms. The molecule has 6 nitrogen and oxygen atoms in total. The molecule has 9 rings (SSSR count). The van der Waals surface area contributed by atoms with Crippen molar-refractivity contribution in [2.45, 2.75) is 110 Å². The van der Waals surface area contributed by atoms with Gasteiger partial charge in [-0.3, -0.25) is 0 Å². The van der Waals surface area contributed by atoms with E-state index in [-0.39, 0.29) is 34.6 Å². The highest BCUT2D eigenvalue weighted by atomic mass is 16.5. The van der Waals surface area contributed by atoms with Crippen molar-refractivity contribution in [2.24, 2.45) is 39.7 Å². The molecular weight excluding hydrogens is 548 g/mol. The minimum Gasteiger partial charge on any atom is -0.427 e. The lowest BCUT2D eigenvalue weighted by molar-refractivity contribution is -0.135. The Labute approximate surface area is 261 Å². The maximum atomic E-state index is 14.3. The summed E-state index contributed by atoms with van der Waals surface area (Å²) < 4.78 is 12.6. The topological polar surface area (TPSA) is 90.7 Å². The van der Waals surface area contributed by atoms with Gasteiger partial charge in [-0.1, -0.05) is 52.0 Å². The predicted molar refractivity (Wildman–Crippen MR) is 169 cm³/mol. The fourth-order valence-corrected chi connectivity index (χ4v) is 11.3. The Bertz CT molecular complexity index is 1490. The van der Waals surface area contributed by atoms with Crippen LogP contribution in [0.3, 0.4) is 0 Å². The molecule has 6 aliphatic carbocycles. The molecule has 0 radical (unpaired) electrons. The summed E-state index contributed by atoms with van der Waals surface area (Å²) >= 11 is 0. The van der Waals surface area contributed by atoms with Crippen LogP contribution < -0.4 is 11.1 Å². The Balaban J connectivity index is 1.34. The normalized spacial score (nSPS) is 36.6. The zero-order chi connectivity index (χ0) is 30.3. The number of nitrogens with one attached hydrogen (secondary N) is 1. The molecule has 0 aromatic heterocycles. The minimum absolute atomic E-state index is 0.0704. The van der Waals surface area contributed by atoms with Gasteiger partial charge in [0.1, 0.15) is 11.5 Å². The van der Waals surface area contributed by atoms with E-state index in [9.17, 15) is 9.59 Å². The predicted octanol–water partition coefficient (Wildman–Crippen LogP) is 7.56. The highest BCUT2D eigenvalue weighted by molar-refractivity contribution is 6.00. The van der Waals surface area contributed by atoms with E-state index >= 15 is 0 Å². The number of ether oxygens (including phenoxy) is 2. The average Bonchev–Trinajstić information content (AvgIpc) is 3.83. The van der Waals surface area contributed by atoms with Crippen molar-refractivity contribution in [3.05, 3.63) is 69.5 Å². The fraction of sp³-hybridized carbons (Fsp3) is 0.632. The van der Waals surface area contributed by atoms with Gasteiger partial charge >= 0.3 is 11.9 Å². The Kier molecular flexibility index (Phi) is 6.63. The summed E-state index contributed by atoms with van der Waals surface area (Å²) in [6.07, 6.45) is 24.8. The number of hydrogen-bond acceptors (Lipinski definition) is 6. The van der Waals surface area contributed by atoms with Crippen LogP contribution in [0.4, 0.5) is 0 Å². The van der Waals surface area contributed by atoms with Gasteiger partial charge in [0, 0.05) is 29.0 Å². The van der Waals surface area contributed by atoms with E-state index in [2.05, 4.69) is 43.5 Å². The third kappa shape index (κ3) is 3.78. The van der Waals surface area contributed by atoms with Crippen molar-refractivity contribution >= 4 is 11.9 Å². The number of dihydropyridines is 1. The number of carbonyl (C=O) groups is 2. The second-order valence-electron chi connectivity index (χ2n) is 15.0. The molecule has 4 atom stereocenters. The first-order chi connectivity index (χ1) is 21.4. The van der Waals surface area contributed by atoms with Crippen LogP contribution >= 0.6 is 0 Å². The summed E-state index contributed by atoms with van der Waals surface area (Å²) in [5.74, 6) is 2.48. The van der Waals surface area contributed by atoms with Crippen LogP contribution in [0.1, 0.15) is 110 Å². The van der Waals surface area contributed by atoms with Crippen molar-refractivity contribution in [3.8, 4) is 0 Å². The average molecular weight is 597 g/mol. The first kappa shape index (κ1) is 28.5. The van der Waals surface area contributed by atoms with Crippen molar-refractivity contribution in [1.82, 2.24) is 5.32 Å². The van der Waals surface area contributed by atoms with Crippen LogP contribution in [-0.2, 0) is 19.1 Å². The highest BCUT2D eigenvalue weighted by Crippen LogP contribution is 2.74. The van der Waals surface area contributed by atoms with Crippen LogP contribution in [-0.4, -0.2) is 18.5 Å². The number of nitrogens with two attached hydrogens (primary N) is 1. The summed E-state index contributed by atoms with van der Waals surface area (Å²) in [4.78, 5) is 28.4. The molecule has 1 spiro atoms. The highest BCUT2D eigenvalue weighted by Gasteiger charge is 2.70. The van der Waals surface area contributed by atoms with Crippen LogP contribution in [0.25, 0.3) is 0 Å². The van der Waals surface area contributed by atoms with E-state index in [1.54, 1.807) is 0 Å². The van der Waals surface area contributed by atoms with Gasteiger partial charge in [-0.05, 0) is 111 Å². The molecule has 6 heteroatoms. The van der Waals surface area contributed by atoms with Crippen LogP contribution in [0.5, 0.6) is 0 Å². The quantitative estimate of drug-likeness (QED) is 0.308. The maximum Gasteiger partial charge on any atom is 0.340 e. The molecule has 0 aromatic rings. The monoisotopic (exact) mass is 596 g/mol. The first-order valence-electron chi connectivity index (χ1n) is 17.7. The smallest absolute Gasteiger partial charge is 0.340 e. The SMILES string of the molecule is CCC/C=C1\OC(=O)C2=C(C3(C4=CCNC(N)=C4)CCCC3)[C@H]3CC[C@]21[C@H]1C2=C(CC[C@@H]31)C(=CC1(CC)CCCC1)OC2=O. The molecule has 0 unspecified atom stereocenters. The van der Waals surface area contributed by atoms with Gasteiger partial charge in [0.05, 0.1) is 16.8 Å². The van der Waals surface area contributed by atoms with Gasteiger partial charge < -0.3 is 20.5 Å². The van der Waals surface area contributed by atoms with E-state index in [4.69, 9.17) is 15.2 Å². The van der Waals surface area contributed by atoms with Crippen LogP contribution in [0.2, 0.25) is 0 Å². The minimum atomic E-state index is -0.593. The first-order valence-corrected chi connectivity index (χ1v) is 17.7. The molecule has 3 saturated carbocycles. The summed E-state index contributed by atoms with van der Waals surface area (Å²) in [6, 6.07) is 0. The van der Waals surface area contributed by atoms with E-state index in [1.165, 1.54) is 36.8 Å². The Hall–Kier alpha value is -3.02. The van der Waals surface area contributed by atoms with E-state index < -0.39 is 5.41 Å². The molecule has 3 heterocycles. The Morgan fingerprint density at radius 1 is 1.00 bits per heavy atom. The molecule has 9 aliphatic rings. The number of carbonyl (C=O) groups excluding carboxylic acids is 2. The number of allylic oxidation sites excluding steroid dienone is 7. The third-order valence-electron chi connectivity index (χ3n) is 13.2. The molecule has 3 aliphatic heterocycles. The van der Waals surface area contributed by atoms with Crippen LogP contribution in [0.15, 0.2) is 69.5 Å². The fourth-order valence-electron chi connectivity index (χ4n) is 11.3. The number of esters is 2. The largest absolute Gasteiger partial charge is 0.427 e. The van der Waals surface area contributed by atoms with Gasteiger partial charge in [0.2, 0.25) is 0 Å². The zero-order valence-corrected chi connectivity index (χ0v) is 26.6. The number of hydrogen-bond donors (Lipinski definition) is 2. The third-order valence-corrected chi connectivity index (χ3v) is 13.2. The van der Waals surface area contributed by atoms with Gasteiger partial charge in [-0.15, -0.1) is 0 Å². The van der Waals surface area contributed by atoms with E-state index in [0.717, 1.165) is 98.9 Å². The van der Waals surface area contributed by atoms with Crippen molar-refractivity contribution in [3.63, 3.8) is 0 Å². The van der Waals surface area contributed by atoms with E-state index in [1.807, 2.05) is 0 Å². The zero-order valence-electron chi connectivity index (χ0n) is 26.6. The Morgan fingerprint density at radius 2 is 1.77 bits per heavy atom. The molecule has 234 valence electrons. The number of fused-ring (bicyclic) bond motifs is 1. The summed E-state index contributed by atoms with van der Waals surface area (Å²) in [7, 11) is 0. The summed E-state index contributed by atoms with van der Waals surface area (Å²) in [5, 5.41) is 3.27. The number of unbranched alkanes of at least 4 members (excludes halogenated alkanes) is 1. The standard InChI is InChI=1S/C38H48N2O4/c1-3-5-10-28-38-19-13-25(32(33(38)35(42)44-28)37(17-8-9-18-37)23-14-20-40-29(39)21-23)24-11-12-26-27(43-34(41)30(26)31(24)38)22-36(4-2)15-6-7-16-36/h10,14,21-22,24-25,31,40H,3-9,11-13,15-20,39H2,1-2H3/b27-22?,28-10-/t24-,25-,31+,38-/m0/s1. The summed E-state index contributed by atoms with van der Waals surface area (Å²) in [6.45, 7) is 5.16. The lowest BCUT2D eigenvalue weighted by Gasteiger charge is -2.59. The van der Waals surface area contributed by atoms with Gasteiger partial charge in [0.25, 0.3) is 0 Å². The van der Waals surface area contributed by atoms with Crippen molar-refractivity contribution < 1.29 is 19.1 Å². The molecule has 2 bridgehead atoms. The lowest BCUT2D eigenvalue weighted by Crippen LogP contribution is -2.54. The molecule has 1 saturated heterocycles. The summed E-state index contributed by atoms with van der Waals surface area (Å²) in [5.41, 5.74) is 11.2. The van der Waals surface area contributed by atoms with Crippen LogP contribution in [0, 0.1) is 34.0 Å². The second kappa shape index (κ2) is 10.3. The maximum absolute atomic E-state index is 14.3. The number of cyclic esters (lactones) is 2. The van der Waals surface area contributed by atoms with E-state index in [0.29, 0.717) is 18.3 Å². The lowest BCUT2D eigenvalue weighted by atomic mass is 9.42. The Morgan fingerprint density at radius 3 is 2.50 bits per heavy atom. The van der Waals surface area contributed by atoms with Crippen molar-refractivity contribution in [1.29, 1.82) is 0 Å². The second-order valence-corrected chi connectivity index (χ2v) is 15.0. The van der Waals surface area contributed by atoms with Gasteiger partial charge in [0.15, 0.2) is 0 Å². The molecule has 4 fully saturated rings. The number of rotatable bonds is 6.